The summed E-state index contributed by atoms with van der Waals surface area (Å²) in [5.41, 5.74) is 3.57. The second-order valence-corrected chi connectivity index (χ2v) is 4.93. The van der Waals surface area contributed by atoms with Crippen molar-refractivity contribution in [1.29, 1.82) is 0 Å². The van der Waals surface area contributed by atoms with Crippen molar-refractivity contribution in [2.24, 2.45) is 0 Å². The van der Waals surface area contributed by atoms with Crippen LogP contribution in [0.25, 0.3) is 0 Å². The molecule has 0 heterocycles. The van der Waals surface area contributed by atoms with Gasteiger partial charge in [0.15, 0.2) is 5.78 Å². The molecule has 0 aliphatic heterocycles. The fraction of sp³-hybridized carbons (Fsp3) is 0.235. The van der Waals surface area contributed by atoms with Gasteiger partial charge in [-0.05, 0) is 49.6 Å². The molecule has 0 saturated carbocycles. The molecule has 0 radical (unpaired) electrons. The van der Waals surface area contributed by atoms with Gasteiger partial charge < -0.3 is 0 Å². The number of benzene rings is 2. The molecule has 98 valence electrons. The van der Waals surface area contributed by atoms with Crippen molar-refractivity contribution in [1.82, 2.24) is 0 Å². The predicted octanol–water partition coefficient (Wildman–Crippen LogP) is 4.26. The van der Waals surface area contributed by atoms with Crippen molar-refractivity contribution in [2.75, 3.05) is 0 Å². The first-order valence-electron chi connectivity index (χ1n) is 6.40. The molecule has 0 aromatic heterocycles. The molecule has 0 aliphatic carbocycles. The highest BCUT2D eigenvalue weighted by Gasteiger charge is 2.08. The number of rotatable bonds is 4. The molecule has 0 N–H and O–H groups in total. The fourth-order valence-corrected chi connectivity index (χ4v) is 2.17. The molecule has 2 aromatic carbocycles. The summed E-state index contributed by atoms with van der Waals surface area (Å²) in [6.07, 6.45) is 1.10. The van der Waals surface area contributed by atoms with Crippen LogP contribution in [0, 0.1) is 19.7 Å². The Bertz CT molecular complexity index is 582. The van der Waals surface area contributed by atoms with Crippen LogP contribution in [0.3, 0.4) is 0 Å². The molecule has 2 rings (SSSR count). The highest BCUT2D eigenvalue weighted by molar-refractivity contribution is 5.96. The van der Waals surface area contributed by atoms with Crippen LogP contribution in [0.2, 0.25) is 0 Å². The Balaban J connectivity index is 2.05. The molecule has 19 heavy (non-hydrogen) atoms. The lowest BCUT2D eigenvalue weighted by Crippen LogP contribution is -2.02. The topological polar surface area (TPSA) is 17.1 Å². The molecular formula is C17H17FO. The van der Waals surface area contributed by atoms with Crippen LogP contribution in [-0.2, 0) is 6.42 Å². The molecule has 0 fully saturated rings. The molecule has 0 atom stereocenters. The molecule has 0 bridgehead atoms. The first-order valence-corrected chi connectivity index (χ1v) is 6.40. The zero-order valence-corrected chi connectivity index (χ0v) is 11.2. The Labute approximate surface area is 113 Å². The molecule has 0 aliphatic rings. The van der Waals surface area contributed by atoms with Gasteiger partial charge in [0.1, 0.15) is 5.82 Å². The minimum Gasteiger partial charge on any atom is -0.294 e. The highest BCUT2D eigenvalue weighted by Crippen LogP contribution is 2.13. The van der Waals surface area contributed by atoms with Crippen LogP contribution in [0.15, 0.2) is 42.5 Å². The third kappa shape index (κ3) is 3.75. The Morgan fingerprint density at radius 1 is 1.05 bits per heavy atom. The van der Waals surface area contributed by atoms with Gasteiger partial charge in [-0.2, -0.15) is 0 Å². The SMILES string of the molecule is Cc1cccc(CCC(=O)c2cc(C)cc(F)c2)c1. The summed E-state index contributed by atoms with van der Waals surface area (Å²) < 4.78 is 13.3. The van der Waals surface area contributed by atoms with E-state index in [9.17, 15) is 9.18 Å². The second-order valence-electron chi connectivity index (χ2n) is 4.93. The van der Waals surface area contributed by atoms with E-state index in [-0.39, 0.29) is 11.6 Å². The zero-order chi connectivity index (χ0) is 13.8. The molecule has 1 nitrogen and oxygen atoms in total. The van der Waals surface area contributed by atoms with Gasteiger partial charge in [-0.1, -0.05) is 29.8 Å². The normalized spacial score (nSPS) is 10.5. The second kappa shape index (κ2) is 5.79. The molecule has 0 unspecified atom stereocenters. The number of halogens is 1. The van der Waals surface area contributed by atoms with E-state index in [4.69, 9.17) is 0 Å². The van der Waals surface area contributed by atoms with Gasteiger partial charge in [0.2, 0.25) is 0 Å². The van der Waals surface area contributed by atoms with E-state index in [0.717, 1.165) is 11.1 Å². The zero-order valence-electron chi connectivity index (χ0n) is 11.2. The van der Waals surface area contributed by atoms with E-state index in [0.29, 0.717) is 18.4 Å². The number of aryl methyl sites for hydroxylation is 3. The maximum Gasteiger partial charge on any atom is 0.163 e. The quantitative estimate of drug-likeness (QED) is 0.747. The molecule has 2 aromatic rings. The minimum absolute atomic E-state index is 0.0101. The van der Waals surface area contributed by atoms with E-state index in [1.807, 2.05) is 25.1 Å². The molecule has 2 heteroatoms. The lowest BCUT2D eigenvalue weighted by atomic mass is 10.0. The Kier molecular flexibility index (Phi) is 4.10. The van der Waals surface area contributed by atoms with Crippen LogP contribution in [0.4, 0.5) is 4.39 Å². The number of carbonyl (C=O) groups excluding carboxylic acids is 1. The van der Waals surface area contributed by atoms with Gasteiger partial charge in [-0.25, -0.2) is 4.39 Å². The van der Waals surface area contributed by atoms with Gasteiger partial charge in [0.05, 0.1) is 0 Å². The minimum atomic E-state index is -0.348. The highest BCUT2D eigenvalue weighted by atomic mass is 19.1. The van der Waals surface area contributed by atoms with Gasteiger partial charge in [0.25, 0.3) is 0 Å². The van der Waals surface area contributed by atoms with Gasteiger partial charge in [-0.3, -0.25) is 4.79 Å². The number of ketones is 1. The summed E-state index contributed by atoms with van der Waals surface area (Å²) in [5.74, 6) is -0.358. The van der Waals surface area contributed by atoms with E-state index in [2.05, 4.69) is 6.07 Å². The third-order valence-electron chi connectivity index (χ3n) is 3.09. The number of hydrogen-bond donors (Lipinski definition) is 0. The monoisotopic (exact) mass is 256 g/mol. The average molecular weight is 256 g/mol. The average Bonchev–Trinajstić information content (AvgIpc) is 2.35. The molecule has 0 amide bonds. The van der Waals surface area contributed by atoms with Crippen molar-refractivity contribution in [2.45, 2.75) is 26.7 Å². The van der Waals surface area contributed by atoms with E-state index < -0.39 is 0 Å². The fourth-order valence-electron chi connectivity index (χ4n) is 2.17. The van der Waals surface area contributed by atoms with E-state index >= 15 is 0 Å². The maximum atomic E-state index is 13.3. The summed E-state index contributed by atoms with van der Waals surface area (Å²) in [5, 5.41) is 0. The first-order chi connectivity index (χ1) is 9.04. The lowest BCUT2D eigenvalue weighted by Gasteiger charge is -2.04. The third-order valence-corrected chi connectivity index (χ3v) is 3.09. The van der Waals surface area contributed by atoms with Crippen molar-refractivity contribution < 1.29 is 9.18 Å². The maximum absolute atomic E-state index is 13.3. The van der Waals surface area contributed by atoms with Crippen molar-refractivity contribution >= 4 is 5.78 Å². The lowest BCUT2D eigenvalue weighted by molar-refractivity contribution is 0.0982. The molecule has 0 saturated heterocycles. The Morgan fingerprint density at radius 3 is 2.53 bits per heavy atom. The van der Waals surface area contributed by atoms with Crippen molar-refractivity contribution in [3.63, 3.8) is 0 Å². The van der Waals surface area contributed by atoms with E-state index in [1.54, 1.807) is 13.0 Å². The first kappa shape index (κ1) is 13.5. The Morgan fingerprint density at radius 2 is 1.84 bits per heavy atom. The summed E-state index contributed by atoms with van der Waals surface area (Å²) in [6, 6.07) is 12.6. The van der Waals surface area contributed by atoms with Crippen LogP contribution in [-0.4, -0.2) is 5.78 Å². The summed E-state index contributed by atoms with van der Waals surface area (Å²) in [4.78, 5) is 12.0. The number of hydrogen-bond acceptors (Lipinski definition) is 1. The standard InChI is InChI=1S/C17H17FO/c1-12-4-3-5-14(8-12)6-7-17(19)15-9-13(2)10-16(18)11-15/h3-5,8-11H,6-7H2,1-2H3. The van der Waals surface area contributed by atoms with Crippen LogP contribution >= 0.6 is 0 Å². The van der Waals surface area contributed by atoms with Gasteiger partial charge in [0, 0.05) is 12.0 Å². The van der Waals surface area contributed by atoms with Crippen LogP contribution in [0.1, 0.15) is 33.5 Å². The molecule has 0 spiro atoms. The summed E-state index contributed by atoms with van der Waals surface area (Å²) in [6.45, 7) is 3.82. The van der Waals surface area contributed by atoms with Gasteiger partial charge in [-0.15, -0.1) is 0 Å². The van der Waals surface area contributed by atoms with Crippen LogP contribution in [0.5, 0.6) is 0 Å². The summed E-state index contributed by atoms with van der Waals surface area (Å²) in [7, 11) is 0. The van der Waals surface area contributed by atoms with Crippen molar-refractivity contribution in [3.05, 3.63) is 70.5 Å². The largest absolute Gasteiger partial charge is 0.294 e. The molecular weight excluding hydrogens is 239 g/mol. The van der Waals surface area contributed by atoms with Crippen molar-refractivity contribution in [3.8, 4) is 0 Å². The number of Topliss-reactive ketones (excluding diaryl/α,β-unsaturated/α-hetero) is 1. The number of carbonyl (C=O) groups is 1. The van der Waals surface area contributed by atoms with Gasteiger partial charge >= 0.3 is 0 Å². The summed E-state index contributed by atoms with van der Waals surface area (Å²) >= 11 is 0. The van der Waals surface area contributed by atoms with E-state index in [1.165, 1.54) is 17.7 Å². The smallest absolute Gasteiger partial charge is 0.163 e. The van der Waals surface area contributed by atoms with Crippen LogP contribution < -0.4 is 0 Å². The Hall–Kier alpha value is -1.96. The predicted molar refractivity (Wildman–Crippen MR) is 75.0 cm³/mol.